The highest BCUT2D eigenvalue weighted by Gasteiger charge is 2.31. The molecular formula is C22H22F2N4O2. The van der Waals surface area contributed by atoms with E-state index in [1.54, 1.807) is 11.0 Å². The minimum absolute atomic E-state index is 0.0602. The number of aromatic amines is 1. The largest absolute Gasteiger partial charge is 0.383 e. The van der Waals surface area contributed by atoms with E-state index in [4.69, 9.17) is 10.5 Å². The number of anilines is 1. The fourth-order valence-corrected chi connectivity index (χ4v) is 4.55. The summed E-state index contributed by atoms with van der Waals surface area (Å²) in [5.41, 5.74) is 9.33. The molecule has 3 N–H and O–H groups in total. The van der Waals surface area contributed by atoms with Gasteiger partial charge < -0.3 is 20.4 Å². The summed E-state index contributed by atoms with van der Waals surface area (Å²) in [5.74, 6) is -1.19. The topological polar surface area (TPSA) is 84.2 Å². The summed E-state index contributed by atoms with van der Waals surface area (Å²) in [6.45, 7) is 0.681. The summed E-state index contributed by atoms with van der Waals surface area (Å²) < 4.78 is 34.1. The van der Waals surface area contributed by atoms with Crippen LogP contribution in [0.4, 0.5) is 14.6 Å². The maximum Gasteiger partial charge on any atom is 0.270 e. The summed E-state index contributed by atoms with van der Waals surface area (Å²) in [4.78, 5) is 22.6. The van der Waals surface area contributed by atoms with Gasteiger partial charge in [-0.15, -0.1) is 0 Å². The fourth-order valence-electron chi connectivity index (χ4n) is 4.55. The van der Waals surface area contributed by atoms with Gasteiger partial charge in [-0.05, 0) is 31.0 Å². The van der Waals surface area contributed by atoms with Crippen molar-refractivity contribution in [3.05, 3.63) is 58.3 Å². The smallest absolute Gasteiger partial charge is 0.270 e. The Morgan fingerprint density at radius 1 is 1.20 bits per heavy atom. The average molecular weight is 412 g/mol. The highest BCUT2D eigenvalue weighted by molar-refractivity contribution is 5.98. The molecule has 0 unspecified atom stereocenters. The molecule has 1 saturated carbocycles. The number of ether oxygens (including phenoxy) is 1. The number of benzene rings is 1. The van der Waals surface area contributed by atoms with Gasteiger partial charge in [-0.25, -0.2) is 13.8 Å². The minimum atomic E-state index is -0.646. The number of carbonyl (C=O) groups excluding carboxylic acids is 1. The Hall–Kier alpha value is -3.00. The van der Waals surface area contributed by atoms with Gasteiger partial charge in [0.25, 0.3) is 5.91 Å². The van der Waals surface area contributed by atoms with E-state index < -0.39 is 11.6 Å². The van der Waals surface area contributed by atoms with Crippen LogP contribution in [0.25, 0.3) is 11.0 Å². The van der Waals surface area contributed by atoms with Crippen LogP contribution in [-0.2, 0) is 24.5 Å². The lowest BCUT2D eigenvalue weighted by atomic mass is 10.1. The van der Waals surface area contributed by atoms with Crippen LogP contribution in [0, 0.1) is 11.6 Å². The zero-order valence-corrected chi connectivity index (χ0v) is 16.4. The molecule has 8 heteroatoms. The van der Waals surface area contributed by atoms with E-state index in [0.717, 1.165) is 42.3 Å². The van der Waals surface area contributed by atoms with Crippen LogP contribution in [0.15, 0.2) is 24.3 Å². The summed E-state index contributed by atoms with van der Waals surface area (Å²) in [5, 5.41) is 0. The predicted octanol–water partition coefficient (Wildman–Crippen LogP) is 4.04. The van der Waals surface area contributed by atoms with Crippen molar-refractivity contribution >= 4 is 22.8 Å². The van der Waals surface area contributed by atoms with E-state index in [1.807, 2.05) is 0 Å². The van der Waals surface area contributed by atoms with Crippen LogP contribution < -0.4 is 5.73 Å². The van der Waals surface area contributed by atoms with Crippen molar-refractivity contribution < 1.29 is 18.3 Å². The van der Waals surface area contributed by atoms with Crippen molar-refractivity contribution in [2.45, 2.75) is 51.5 Å². The maximum absolute atomic E-state index is 14.3. The highest BCUT2D eigenvalue weighted by Crippen LogP contribution is 2.32. The molecule has 156 valence electrons. The lowest BCUT2D eigenvalue weighted by Crippen LogP contribution is -2.39. The average Bonchev–Trinajstić information content (AvgIpc) is 3.47. The lowest BCUT2D eigenvalue weighted by Gasteiger charge is -2.29. The zero-order chi connectivity index (χ0) is 20.8. The lowest BCUT2D eigenvalue weighted by molar-refractivity contribution is 0.0655. The van der Waals surface area contributed by atoms with Crippen molar-refractivity contribution in [1.82, 2.24) is 14.9 Å². The number of halogens is 2. The number of nitrogens with two attached hydrogens (primary N) is 1. The molecule has 2 aromatic heterocycles. The van der Waals surface area contributed by atoms with E-state index in [2.05, 4.69) is 9.97 Å². The molecule has 3 heterocycles. The van der Waals surface area contributed by atoms with Gasteiger partial charge in [-0.1, -0.05) is 18.9 Å². The van der Waals surface area contributed by atoms with Crippen LogP contribution in [0.5, 0.6) is 0 Å². The van der Waals surface area contributed by atoms with Gasteiger partial charge in [-0.2, -0.15) is 0 Å². The maximum atomic E-state index is 14.3. The Kier molecular flexibility index (Phi) is 4.66. The molecule has 0 radical (unpaired) electrons. The van der Waals surface area contributed by atoms with Gasteiger partial charge in [0.05, 0.1) is 30.8 Å². The number of hydrogen-bond acceptors (Lipinski definition) is 4. The zero-order valence-electron chi connectivity index (χ0n) is 16.4. The third kappa shape index (κ3) is 3.11. The first-order valence-corrected chi connectivity index (χ1v) is 10.1. The molecule has 1 aromatic carbocycles. The van der Waals surface area contributed by atoms with Gasteiger partial charge in [0, 0.05) is 22.7 Å². The van der Waals surface area contributed by atoms with E-state index in [-0.39, 0.29) is 24.1 Å². The second kappa shape index (κ2) is 7.36. The molecule has 1 aliphatic carbocycles. The Balaban J connectivity index is 1.54. The molecule has 30 heavy (non-hydrogen) atoms. The first kappa shape index (κ1) is 19.0. The second-order valence-corrected chi connectivity index (χ2v) is 7.96. The third-order valence-electron chi connectivity index (χ3n) is 6.15. The number of nitrogen functional groups attached to an aromatic ring is 1. The number of fused-ring (bicyclic) bond motifs is 3. The number of hydrogen-bond donors (Lipinski definition) is 2. The SMILES string of the molecule is Nc1nc2cc(C(=O)N(Cc3c(F)cccc3F)C3CCCC3)[nH]c2c2c1COC2. The Labute approximate surface area is 172 Å². The van der Waals surface area contributed by atoms with E-state index in [9.17, 15) is 13.6 Å². The minimum Gasteiger partial charge on any atom is -0.383 e. The number of H-pyrrole nitrogens is 1. The number of aromatic nitrogens is 2. The highest BCUT2D eigenvalue weighted by atomic mass is 19.1. The monoisotopic (exact) mass is 412 g/mol. The van der Waals surface area contributed by atoms with Crippen molar-refractivity contribution in [3.63, 3.8) is 0 Å². The molecule has 1 aliphatic heterocycles. The van der Waals surface area contributed by atoms with Gasteiger partial charge in [0.15, 0.2) is 0 Å². The molecule has 2 aliphatic rings. The predicted molar refractivity (Wildman–Crippen MR) is 107 cm³/mol. The van der Waals surface area contributed by atoms with Gasteiger partial charge >= 0.3 is 0 Å². The van der Waals surface area contributed by atoms with Gasteiger partial charge in [-0.3, -0.25) is 4.79 Å². The van der Waals surface area contributed by atoms with Crippen LogP contribution in [0.1, 0.15) is 52.9 Å². The third-order valence-corrected chi connectivity index (χ3v) is 6.15. The summed E-state index contributed by atoms with van der Waals surface area (Å²) in [6, 6.07) is 5.36. The molecule has 0 saturated heterocycles. The number of amides is 1. The molecule has 0 bridgehead atoms. The first-order valence-electron chi connectivity index (χ1n) is 10.1. The fraction of sp³-hybridized carbons (Fsp3) is 0.364. The number of rotatable bonds is 4. The van der Waals surface area contributed by atoms with E-state index >= 15 is 0 Å². The summed E-state index contributed by atoms with van der Waals surface area (Å²) in [7, 11) is 0. The molecule has 1 amide bonds. The quantitative estimate of drug-likeness (QED) is 0.677. The molecular weight excluding hydrogens is 390 g/mol. The Bertz CT molecular complexity index is 1120. The molecule has 3 aromatic rings. The van der Waals surface area contributed by atoms with Crippen molar-refractivity contribution in [2.75, 3.05) is 5.73 Å². The van der Waals surface area contributed by atoms with Gasteiger partial charge in [0.1, 0.15) is 23.1 Å². The van der Waals surface area contributed by atoms with E-state index in [0.29, 0.717) is 30.2 Å². The number of pyridine rings is 1. The molecule has 1 fully saturated rings. The molecule has 5 rings (SSSR count). The number of nitrogens with zero attached hydrogens (tertiary/aromatic N) is 2. The normalized spacial score (nSPS) is 16.3. The summed E-state index contributed by atoms with van der Waals surface area (Å²) >= 11 is 0. The second-order valence-electron chi connectivity index (χ2n) is 7.96. The van der Waals surface area contributed by atoms with Gasteiger partial charge in [0.2, 0.25) is 0 Å². The van der Waals surface area contributed by atoms with Crippen LogP contribution in [-0.4, -0.2) is 26.8 Å². The van der Waals surface area contributed by atoms with Crippen molar-refractivity contribution in [2.24, 2.45) is 0 Å². The summed E-state index contributed by atoms with van der Waals surface area (Å²) in [6.07, 6.45) is 3.61. The standard InChI is InChI=1S/C22H22F2N4O2/c23-16-6-3-7-17(24)13(16)9-28(12-4-1-2-5-12)22(29)19-8-18-20(26-19)14-10-30-11-15(14)21(25)27-18/h3,6-8,12,26H,1-2,4-5,9-11H2,(H2,25,27). The Morgan fingerprint density at radius 2 is 1.90 bits per heavy atom. The van der Waals surface area contributed by atoms with Crippen LogP contribution >= 0.6 is 0 Å². The Morgan fingerprint density at radius 3 is 2.63 bits per heavy atom. The molecule has 0 spiro atoms. The van der Waals surface area contributed by atoms with Crippen molar-refractivity contribution in [1.29, 1.82) is 0 Å². The number of carbonyl (C=O) groups is 1. The van der Waals surface area contributed by atoms with Crippen LogP contribution in [0.3, 0.4) is 0 Å². The first-order chi connectivity index (χ1) is 14.5. The van der Waals surface area contributed by atoms with Crippen LogP contribution in [0.2, 0.25) is 0 Å². The molecule has 6 nitrogen and oxygen atoms in total. The molecule has 0 atom stereocenters. The number of nitrogens with one attached hydrogen (secondary N) is 1. The van der Waals surface area contributed by atoms with E-state index in [1.165, 1.54) is 18.2 Å². The van der Waals surface area contributed by atoms with Crippen molar-refractivity contribution in [3.8, 4) is 0 Å².